The number of thioether (sulfide) groups is 1. The second-order valence-electron chi connectivity index (χ2n) is 4.45. The van der Waals surface area contributed by atoms with Crippen LogP contribution in [0.25, 0.3) is 0 Å². The van der Waals surface area contributed by atoms with Crippen LogP contribution in [0.3, 0.4) is 0 Å². The summed E-state index contributed by atoms with van der Waals surface area (Å²) in [5.74, 6) is -0.918. The Kier molecular flexibility index (Phi) is 3.71. The molecule has 1 amide bonds. The Morgan fingerprint density at radius 2 is 2.11 bits per heavy atom. The normalized spacial score (nSPS) is 22.5. The van der Waals surface area contributed by atoms with Gasteiger partial charge in [0, 0.05) is 16.9 Å². The van der Waals surface area contributed by atoms with Crippen molar-refractivity contribution in [2.24, 2.45) is 0 Å². The lowest BCUT2D eigenvalue weighted by molar-refractivity contribution is -0.141. The van der Waals surface area contributed by atoms with Crippen LogP contribution >= 0.6 is 11.8 Å². The lowest BCUT2D eigenvalue weighted by Gasteiger charge is -2.25. The van der Waals surface area contributed by atoms with E-state index in [0.29, 0.717) is 16.9 Å². The Balaban J connectivity index is 2.37. The van der Waals surface area contributed by atoms with Gasteiger partial charge in [-0.05, 0) is 26.0 Å². The highest BCUT2D eigenvalue weighted by Gasteiger charge is 2.40. The van der Waals surface area contributed by atoms with Crippen molar-refractivity contribution in [2.45, 2.75) is 25.3 Å². The third-order valence-corrected chi connectivity index (χ3v) is 4.50. The molecule has 2 rings (SSSR count). The molecule has 0 aromatic heterocycles. The van der Waals surface area contributed by atoms with Crippen LogP contribution in [0, 0.1) is 6.92 Å². The molecule has 1 aliphatic rings. The second-order valence-corrected chi connectivity index (χ2v) is 5.80. The van der Waals surface area contributed by atoms with Crippen molar-refractivity contribution in [3.63, 3.8) is 0 Å². The number of phenolic OH excluding ortho intramolecular Hbond substituents is 1. The number of amides is 1. The fraction of sp³-hybridized carbons (Fsp3) is 0.385. The van der Waals surface area contributed by atoms with Gasteiger partial charge in [-0.25, -0.2) is 4.79 Å². The number of nitrogens with zero attached hydrogens (tertiary/aromatic N) is 1. The molecule has 0 bridgehead atoms. The first-order valence-corrected chi connectivity index (χ1v) is 6.94. The van der Waals surface area contributed by atoms with Crippen molar-refractivity contribution in [3.05, 3.63) is 29.3 Å². The van der Waals surface area contributed by atoms with Gasteiger partial charge >= 0.3 is 5.97 Å². The number of aliphatic carboxylic acids is 1. The molecule has 2 atom stereocenters. The summed E-state index contributed by atoms with van der Waals surface area (Å²) < 4.78 is 0. The lowest BCUT2D eigenvalue weighted by Crippen LogP contribution is -2.45. The van der Waals surface area contributed by atoms with E-state index >= 15 is 0 Å². The molecule has 0 radical (unpaired) electrons. The van der Waals surface area contributed by atoms with Gasteiger partial charge in [-0.15, -0.1) is 11.8 Å². The summed E-state index contributed by atoms with van der Waals surface area (Å²) in [6, 6.07) is 3.88. The Morgan fingerprint density at radius 1 is 1.42 bits per heavy atom. The number of phenols is 1. The van der Waals surface area contributed by atoms with Crippen molar-refractivity contribution in [1.82, 2.24) is 4.90 Å². The number of carboxylic acid groups (broad SMARTS) is 1. The van der Waals surface area contributed by atoms with E-state index in [2.05, 4.69) is 0 Å². The van der Waals surface area contributed by atoms with Crippen LogP contribution in [-0.4, -0.2) is 44.2 Å². The summed E-state index contributed by atoms with van der Waals surface area (Å²) in [5.41, 5.74) is 0.821. The zero-order chi connectivity index (χ0) is 14.2. The fourth-order valence-electron chi connectivity index (χ4n) is 2.14. The maximum atomic E-state index is 12.5. The number of carboxylic acids is 1. The van der Waals surface area contributed by atoms with Crippen LogP contribution in [0.2, 0.25) is 0 Å². The standard InChI is InChI=1S/C13H15NO4S/c1-7-9(4-3-5-11(7)15)12(16)14-8(2)19-6-10(14)13(17)18/h3-5,8,10,15H,6H2,1-2H3,(H,17,18). The smallest absolute Gasteiger partial charge is 0.327 e. The van der Waals surface area contributed by atoms with Crippen LogP contribution in [0.1, 0.15) is 22.8 Å². The molecule has 0 spiro atoms. The average molecular weight is 281 g/mol. The van der Waals surface area contributed by atoms with Gasteiger partial charge in [-0.2, -0.15) is 0 Å². The van der Waals surface area contributed by atoms with Gasteiger partial charge in [0.25, 0.3) is 5.91 Å². The van der Waals surface area contributed by atoms with Gasteiger partial charge in [-0.1, -0.05) is 6.07 Å². The predicted octanol–water partition coefficient (Wildman–Crippen LogP) is 1.69. The molecular formula is C13H15NO4S. The van der Waals surface area contributed by atoms with E-state index < -0.39 is 12.0 Å². The number of hydrogen-bond donors (Lipinski definition) is 2. The molecule has 1 aliphatic heterocycles. The number of benzene rings is 1. The van der Waals surface area contributed by atoms with E-state index in [0.717, 1.165) is 0 Å². The van der Waals surface area contributed by atoms with Crippen molar-refractivity contribution in [1.29, 1.82) is 0 Å². The summed E-state index contributed by atoms with van der Waals surface area (Å²) in [5, 5.41) is 18.6. The van der Waals surface area contributed by atoms with Crippen LogP contribution < -0.4 is 0 Å². The zero-order valence-electron chi connectivity index (χ0n) is 10.7. The minimum Gasteiger partial charge on any atom is -0.508 e. The highest BCUT2D eigenvalue weighted by molar-refractivity contribution is 8.00. The number of aromatic hydroxyl groups is 1. The van der Waals surface area contributed by atoms with Crippen molar-refractivity contribution < 1.29 is 19.8 Å². The molecule has 102 valence electrons. The largest absolute Gasteiger partial charge is 0.508 e. The molecule has 1 heterocycles. The van der Waals surface area contributed by atoms with E-state index in [4.69, 9.17) is 5.11 Å². The Hall–Kier alpha value is -1.69. The van der Waals surface area contributed by atoms with Crippen LogP contribution in [0.5, 0.6) is 5.75 Å². The van der Waals surface area contributed by atoms with E-state index in [1.165, 1.54) is 22.7 Å². The summed E-state index contributed by atoms with van der Waals surface area (Å²) >= 11 is 1.44. The zero-order valence-corrected chi connectivity index (χ0v) is 11.5. The topological polar surface area (TPSA) is 77.8 Å². The van der Waals surface area contributed by atoms with Gasteiger partial charge < -0.3 is 15.1 Å². The van der Waals surface area contributed by atoms with E-state index in [1.807, 2.05) is 6.92 Å². The number of carbonyl (C=O) groups is 2. The van der Waals surface area contributed by atoms with Crippen molar-refractivity contribution in [2.75, 3.05) is 5.75 Å². The molecule has 0 saturated carbocycles. The van der Waals surface area contributed by atoms with Gasteiger partial charge in [0.15, 0.2) is 0 Å². The quantitative estimate of drug-likeness (QED) is 0.862. The Bertz CT molecular complexity index is 531. The summed E-state index contributed by atoms with van der Waals surface area (Å²) in [6.07, 6.45) is 0. The highest BCUT2D eigenvalue weighted by Crippen LogP contribution is 2.32. The maximum Gasteiger partial charge on any atom is 0.327 e. The summed E-state index contributed by atoms with van der Waals surface area (Å²) in [7, 11) is 0. The van der Waals surface area contributed by atoms with Crippen LogP contribution in [0.4, 0.5) is 0 Å². The highest BCUT2D eigenvalue weighted by atomic mass is 32.2. The predicted molar refractivity (Wildman–Crippen MR) is 72.4 cm³/mol. The van der Waals surface area contributed by atoms with Gasteiger partial charge in [0.2, 0.25) is 0 Å². The molecule has 2 N–H and O–H groups in total. The third-order valence-electron chi connectivity index (χ3n) is 3.28. The Morgan fingerprint density at radius 3 is 2.74 bits per heavy atom. The van der Waals surface area contributed by atoms with Crippen LogP contribution in [-0.2, 0) is 4.79 Å². The van der Waals surface area contributed by atoms with E-state index in [-0.39, 0.29) is 17.0 Å². The minimum absolute atomic E-state index is 0.0391. The first kappa shape index (κ1) is 13.7. The molecule has 0 aliphatic carbocycles. The number of carbonyl (C=O) groups excluding carboxylic acids is 1. The number of rotatable bonds is 2. The molecule has 1 aromatic rings. The monoisotopic (exact) mass is 281 g/mol. The molecule has 5 nitrogen and oxygen atoms in total. The van der Waals surface area contributed by atoms with Crippen molar-refractivity contribution in [3.8, 4) is 5.75 Å². The molecule has 1 fully saturated rings. The molecule has 19 heavy (non-hydrogen) atoms. The first-order valence-electron chi connectivity index (χ1n) is 5.89. The van der Waals surface area contributed by atoms with Gasteiger partial charge in [0.05, 0.1) is 5.37 Å². The first-order chi connectivity index (χ1) is 8.93. The molecule has 1 aromatic carbocycles. The second kappa shape index (κ2) is 5.13. The van der Waals surface area contributed by atoms with Crippen molar-refractivity contribution >= 4 is 23.6 Å². The Labute approximate surface area is 115 Å². The molecule has 2 unspecified atom stereocenters. The molecule has 6 heteroatoms. The van der Waals surface area contributed by atoms with Gasteiger partial charge in [0.1, 0.15) is 11.8 Å². The van der Waals surface area contributed by atoms with Crippen LogP contribution in [0.15, 0.2) is 18.2 Å². The lowest BCUT2D eigenvalue weighted by atomic mass is 10.1. The summed E-state index contributed by atoms with van der Waals surface area (Å²) in [4.78, 5) is 25.0. The maximum absolute atomic E-state index is 12.5. The SMILES string of the molecule is Cc1c(O)cccc1C(=O)N1C(C)SCC1C(=O)O. The average Bonchev–Trinajstić information content (AvgIpc) is 2.74. The van der Waals surface area contributed by atoms with E-state index in [1.54, 1.807) is 19.1 Å². The fourth-order valence-corrected chi connectivity index (χ4v) is 3.30. The van der Waals surface area contributed by atoms with Gasteiger partial charge in [-0.3, -0.25) is 4.79 Å². The van der Waals surface area contributed by atoms with E-state index in [9.17, 15) is 14.7 Å². The minimum atomic E-state index is -0.997. The third kappa shape index (κ3) is 2.40. The number of hydrogen-bond acceptors (Lipinski definition) is 4. The summed E-state index contributed by atoms with van der Waals surface area (Å²) in [6.45, 7) is 3.45. The molecular weight excluding hydrogens is 266 g/mol. The molecule has 1 saturated heterocycles.